The molecular formula is C13H14O4. The normalized spacial score (nSPS) is 24.6. The van der Waals surface area contributed by atoms with Crippen LogP contribution in [0.2, 0.25) is 0 Å². The van der Waals surface area contributed by atoms with Crippen LogP contribution in [0, 0.1) is 0 Å². The minimum Gasteiger partial charge on any atom is -0.457 e. The van der Waals surface area contributed by atoms with E-state index in [2.05, 4.69) is 0 Å². The van der Waals surface area contributed by atoms with Gasteiger partial charge in [-0.3, -0.25) is 14.4 Å². The molecule has 0 saturated heterocycles. The summed E-state index contributed by atoms with van der Waals surface area (Å²) >= 11 is 0. The number of cyclic esters (lactones) is 1. The molecule has 0 N–H and O–H groups in total. The van der Waals surface area contributed by atoms with Crippen molar-refractivity contribution in [1.29, 1.82) is 0 Å². The monoisotopic (exact) mass is 234 g/mol. The topological polar surface area (TPSA) is 60.4 Å². The van der Waals surface area contributed by atoms with Gasteiger partial charge in [-0.1, -0.05) is 30.4 Å². The molecule has 1 rings (SSSR count). The average Bonchev–Trinajstić information content (AvgIpc) is 2.31. The van der Waals surface area contributed by atoms with Gasteiger partial charge in [0.1, 0.15) is 5.78 Å². The molecule has 4 heteroatoms. The minimum absolute atomic E-state index is 0.0227. The van der Waals surface area contributed by atoms with Gasteiger partial charge in [-0.05, 0) is 6.08 Å². The first-order valence-electron chi connectivity index (χ1n) is 5.38. The maximum atomic E-state index is 11.3. The van der Waals surface area contributed by atoms with Gasteiger partial charge in [-0.25, -0.2) is 0 Å². The highest BCUT2D eigenvalue weighted by Crippen LogP contribution is 2.00. The van der Waals surface area contributed by atoms with Crippen LogP contribution in [0.4, 0.5) is 0 Å². The third-order valence-corrected chi connectivity index (χ3v) is 2.08. The molecule has 17 heavy (non-hydrogen) atoms. The lowest BCUT2D eigenvalue weighted by Gasteiger charge is -2.01. The van der Waals surface area contributed by atoms with Gasteiger partial charge in [0.2, 0.25) is 0 Å². The average molecular weight is 234 g/mol. The van der Waals surface area contributed by atoms with Crippen LogP contribution in [0.3, 0.4) is 0 Å². The van der Waals surface area contributed by atoms with E-state index in [9.17, 15) is 14.4 Å². The molecule has 0 bridgehead atoms. The lowest BCUT2D eigenvalue weighted by Crippen LogP contribution is -2.13. The number of ketones is 2. The molecule has 0 saturated carbocycles. The molecule has 0 aromatic carbocycles. The maximum absolute atomic E-state index is 11.3. The largest absolute Gasteiger partial charge is 0.457 e. The van der Waals surface area contributed by atoms with Crippen LogP contribution in [0.1, 0.15) is 19.3 Å². The predicted octanol–water partition coefficient (Wildman–Crippen LogP) is 1.52. The number of hydrogen-bond donors (Lipinski definition) is 0. The quantitative estimate of drug-likeness (QED) is 0.596. The van der Waals surface area contributed by atoms with E-state index in [0.717, 1.165) is 0 Å². The van der Waals surface area contributed by atoms with Crippen molar-refractivity contribution in [2.24, 2.45) is 0 Å². The summed E-state index contributed by atoms with van der Waals surface area (Å²) in [5, 5.41) is 0. The molecule has 0 aromatic rings. The Balaban J connectivity index is 2.63. The van der Waals surface area contributed by atoms with Gasteiger partial charge in [0.25, 0.3) is 0 Å². The predicted molar refractivity (Wildman–Crippen MR) is 62.2 cm³/mol. The number of carbonyl (C=O) groups excluding carboxylic acids is 3. The van der Waals surface area contributed by atoms with Crippen molar-refractivity contribution in [1.82, 2.24) is 0 Å². The van der Waals surface area contributed by atoms with Gasteiger partial charge >= 0.3 is 5.97 Å². The first-order valence-corrected chi connectivity index (χ1v) is 5.38. The van der Waals surface area contributed by atoms with Gasteiger partial charge in [-0.15, -0.1) is 0 Å². The Kier molecular flexibility index (Phi) is 5.64. The molecule has 0 unspecified atom stereocenters. The van der Waals surface area contributed by atoms with Gasteiger partial charge in [0.15, 0.2) is 12.4 Å². The van der Waals surface area contributed by atoms with Gasteiger partial charge < -0.3 is 4.74 Å². The molecule has 0 atom stereocenters. The summed E-state index contributed by atoms with van der Waals surface area (Å²) < 4.78 is 4.71. The summed E-state index contributed by atoms with van der Waals surface area (Å²) in [7, 11) is 0. The molecule has 0 aliphatic carbocycles. The summed E-state index contributed by atoms with van der Waals surface area (Å²) in [6.07, 6.45) is 10.2. The molecule has 90 valence electrons. The molecule has 0 aromatic heterocycles. The summed E-state index contributed by atoms with van der Waals surface area (Å²) in [5.74, 6) is -0.822. The molecule has 1 aliphatic heterocycles. The van der Waals surface area contributed by atoms with E-state index in [4.69, 9.17) is 4.74 Å². The fourth-order valence-electron chi connectivity index (χ4n) is 1.18. The SMILES string of the molecule is O=C1/C=C/C=C/C=C\CC(=O)CCC(=O)OC1. The lowest BCUT2D eigenvalue weighted by molar-refractivity contribution is -0.147. The van der Waals surface area contributed by atoms with Crippen molar-refractivity contribution >= 4 is 17.5 Å². The Morgan fingerprint density at radius 2 is 1.71 bits per heavy atom. The number of rotatable bonds is 0. The first-order chi connectivity index (χ1) is 8.18. The van der Waals surface area contributed by atoms with Gasteiger partial charge in [-0.2, -0.15) is 0 Å². The van der Waals surface area contributed by atoms with Crippen molar-refractivity contribution in [3.63, 3.8) is 0 Å². The van der Waals surface area contributed by atoms with Crippen LogP contribution in [-0.4, -0.2) is 24.1 Å². The third kappa shape index (κ3) is 6.25. The number of carbonyl (C=O) groups is 3. The highest BCUT2D eigenvalue weighted by atomic mass is 16.5. The van der Waals surface area contributed by atoms with E-state index < -0.39 is 5.97 Å². The second-order valence-electron chi connectivity index (χ2n) is 3.54. The van der Waals surface area contributed by atoms with Gasteiger partial charge in [0, 0.05) is 12.8 Å². The van der Waals surface area contributed by atoms with Crippen molar-refractivity contribution in [3.05, 3.63) is 36.5 Å². The van der Waals surface area contributed by atoms with E-state index in [-0.39, 0.29) is 31.0 Å². The van der Waals surface area contributed by atoms with Crippen LogP contribution in [-0.2, 0) is 19.1 Å². The summed E-state index contributed by atoms with van der Waals surface area (Å²) in [5.41, 5.74) is 0. The Hall–Kier alpha value is -1.97. The minimum atomic E-state index is -0.517. The van der Waals surface area contributed by atoms with E-state index in [1.54, 1.807) is 30.4 Å². The highest BCUT2D eigenvalue weighted by Gasteiger charge is 2.08. The fraction of sp³-hybridized carbons (Fsp3) is 0.308. The summed E-state index contributed by atoms with van der Waals surface area (Å²) in [6.45, 7) is -0.271. The molecule has 1 aliphatic rings. The second-order valence-corrected chi connectivity index (χ2v) is 3.54. The zero-order valence-electron chi connectivity index (χ0n) is 9.43. The maximum Gasteiger partial charge on any atom is 0.306 e. The van der Waals surface area contributed by atoms with Crippen molar-refractivity contribution in [3.8, 4) is 0 Å². The molecule has 0 radical (unpaired) electrons. The number of ether oxygens (including phenoxy) is 1. The van der Waals surface area contributed by atoms with Crippen molar-refractivity contribution < 1.29 is 19.1 Å². The number of esters is 1. The fourth-order valence-corrected chi connectivity index (χ4v) is 1.18. The van der Waals surface area contributed by atoms with E-state index in [1.165, 1.54) is 6.08 Å². The Bertz CT molecular complexity index is 388. The van der Waals surface area contributed by atoms with Gasteiger partial charge in [0.05, 0.1) is 6.42 Å². The molecule has 4 nitrogen and oxygen atoms in total. The van der Waals surface area contributed by atoms with Crippen LogP contribution in [0.15, 0.2) is 36.5 Å². The smallest absolute Gasteiger partial charge is 0.306 e. The number of allylic oxidation sites excluding steroid dienone is 5. The Morgan fingerprint density at radius 1 is 0.941 bits per heavy atom. The lowest BCUT2D eigenvalue weighted by atomic mass is 10.1. The molecule has 0 spiro atoms. The van der Waals surface area contributed by atoms with E-state index >= 15 is 0 Å². The van der Waals surface area contributed by atoms with Crippen LogP contribution >= 0.6 is 0 Å². The number of Topliss-reactive ketones (excluding diaryl/α,β-unsaturated/α-hetero) is 1. The highest BCUT2D eigenvalue weighted by molar-refractivity contribution is 5.92. The Labute approximate surface area is 99.6 Å². The first kappa shape index (κ1) is 13.1. The summed E-state index contributed by atoms with van der Waals surface area (Å²) in [6, 6.07) is 0. The van der Waals surface area contributed by atoms with E-state index in [1.807, 2.05) is 0 Å². The standard InChI is InChI=1S/C13H14O4/c14-11-6-4-2-1-3-5-7-12(15)10-17-13(16)9-8-11/h1-5,7H,6,8-10H2/b3-1+,4-2-,7-5+. The third-order valence-electron chi connectivity index (χ3n) is 2.08. The van der Waals surface area contributed by atoms with E-state index in [0.29, 0.717) is 6.42 Å². The van der Waals surface area contributed by atoms with Crippen LogP contribution in [0.25, 0.3) is 0 Å². The molecule has 0 amide bonds. The molecule has 0 fully saturated rings. The van der Waals surface area contributed by atoms with Crippen LogP contribution < -0.4 is 0 Å². The molecular weight excluding hydrogens is 220 g/mol. The van der Waals surface area contributed by atoms with Crippen LogP contribution in [0.5, 0.6) is 0 Å². The number of hydrogen-bond acceptors (Lipinski definition) is 4. The Morgan fingerprint density at radius 3 is 2.53 bits per heavy atom. The van der Waals surface area contributed by atoms with Crippen molar-refractivity contribution in [2.45, 2.75) is 19.3 Å². The zero-order chi connectivity index (χ0) is 12.5. The second kappa shape index (κ2) is 7.33. The zero-order valence-corrected chi connectivity index (χ0v) is 9.43. The molecule has 1 heterocycles. The summed E-state index contributed by atoms with van der Waals surface area (Å²) in [4.78, 5) is 33.6. The van der Waals surface area contributed by atoms with Crippen molar-refractivity contribution in [2.75, 3.05) is 6.61 Å².